The van der Waals surface area contributed by atoms with Gasteiger partial charge in [0.15, 0.2) is 6.10 Å². The Morgan fingerprint density at radius 2 is 0.520 bits per heavy atom. The van der Waals surface area contributed by atoms with Gasteiger partial charge in [0.1, 0.15) is 13.2 Å². The third-order valence-electron chi connectivity index (χ3n) is 14.8. The molecule has 0 rings (SSSR count). The van der Waals surface area contributed by atoms with Crippen LogP contribution in [0, 0.1) is 0 Å². The van der Waals surface area contributed by atoms with Gasteiger partial charge in [-0.3, -0.25) is 14.4 Å². The summed E-state index contributed by atoms with van der Waals surface area (Å²) >= 11 is 0. The van der Waals surface area contributed by atoms with E-state index in [2.05, 4.69) is 69.4 Å². The Balaban J connectivity index is 3.95. The molecule has 0 fully saturated rings. The molecule has 0 aromatic heterocycles. The molecular formula is C69H126O6. The van der Waals surface area contributed by atoms with Gasteiger partial charge < -0.3 is 14.2 Å². The van der Waals surface area contributed by atoms with Gasteiger partial charge in [-0.25, -0.2) is 0 Å². The van der Waals surface area contributed by atoms with E-state index in [1.807, 2.05) is 0 Å². The fourth-order valence-corrected chi connectivity index (χ4v) is 9.91. The molecule has 75 heavy (non-hydrogen) atoms. The molecule has 0 saturated carbocycles. The Morgan fingerprint density at radius 1 is 0.280 bits per heavy atom. The summed E-state index contributed by atoms with van der Waals surface area (Å²) in [5.41, 5.74) is 0. The molecule has 0 aliphatic rings. The van der Waals surface area contributed by atoms with Gasteiger partial charge in [-0.2, -0.15) is 0 Å². The molecule has 1 atom stereocenters. The van der Waals surface area contributed by atoms with Crippen molar-refractivity contribution in [3.8, 4) is 0 Å². The molecule has 0 aromatic rings. The second kappa shape index (κ2) is 63.9. The first-order valence-corrected chi connectivity index (χ1v) is 33.1. The van der Waals surface area contributed by atoms with Crippen LogP contribution in [0.15, 0.2) is 48.6 Å². The van der Waals surface area contributed by atoms with Crippen LogP contribution >= 0.6 is 0 Å². The number of hydrogen-bond acceptors (Lipinski definition) is 6. The summed E-state index contributed by atoms with van der Waals surface area (Å²) in [4.78, 5) is 38.1. The van der Waals surface area contributed by atoms with Crippen molar-refractivity contribution >= 4 is 17.9 Å². The zero-order chi connectivity index (χ0) is 54.3. The Morgan fingerprint density at radius 3 is 0.813 bits per heavy atom. The fraction of sp³-hybridized carbons (Fsp3) is 0.841. The van der Waals surface area contributed by atoms with Crippen molar-refractivity contribution in [1.29, 1.82) is 0 Å². The van der Waals surface area contributed by atoms with E-state index in [0.717, 1.165) is 83.5 Å². The van der Waals surface area contributed by atoms with Gasteiger partial charge in [0.2, 0.25) is 0 Å². The van der Waals surface area contributed by atoms with Gasteiger partial charge in [-0.1, -0.05) is 326 Å². The van der Waals surface area contributed by atoms with Crippen LogP contribution in [-0.4, -0.2) is 37.2 Å². The van der Waals surface area contributed by atoms with Gasteiger partial charge in [0, 0.05) is 19.3 Å². The molecule has 6 heteroatoms. The minimum Gasteiger partial charge on any atom is -0.462 e. The number of allylic oxidation sites excluding steroid dienone is 8. The fourth-order valence-electron chi connectivity index (χ4n) is 9.91. The van der Waals surface area contributed by atoms with E-state index < -0.39 is 6.10 Å². The van der Waals surface area contributed by atoms with Crippen molar-refractivity contribution in [2.24, 2.45) is 0 Å². The third kappa shape index (κ3) is 62.1. The maximum absolute atomic E-state index is 12.8. The van der Waals surface area contributed by atoms with Crippen molar-refractivity contribution in [1.82, 2.24) is 0 Å². The first-order valence-electron chi connectivity index (χ1n) is 33.1. The van der Waals surface area contributed by atoms with Gasteiger partial charge in [0.05, 0.1) is 0 Å². The lowest BCUT2D eigenvalue weighted by Gasteiger charge is -2.18. The molecule has 6 nitrogen and oxygen atoms in total. The minimum absolute atomic E-state index is 0.0651. The quantitative estimate of drug-likeness (QED) is 0.0261. The highest BCUT2D eigenvalue weighted by molar-refractivity contribution is 5.71. The predicted octanol–water partition coefficient (Wildman–Crippen LogP) is 22.6. The normalized spacial score (nSPS) is 12.3. The predicted molar refractivity (Wildman–Crippen MR) is 325 cm³/mol. The average molecular weight is 1050 g/mol. The van der Waals surface area contributed by atoms with Crippen LogP contribution < -0.4 is 0 Å². The molecule has 0 saturated heterocycles. The van der Waals surface area contributed by atoms with E-state index in [9.17, 15) is 14.4 Å². The van der Waals surface area contributed by atoms with Crippen LogP contribution in [0.3, 0.4) is 0 Å². The van der Waals surface area contributed by atoms with Crippen LogP contribution in [0.2, 0.25) is 0 Å². The van der Waals surface area contributed by atoms with Gasteiger partial charge in [-0.15, -0.1) is 0 Å². The largest absolute Gasteiger partial charge is 0.462 e. The third-order valence-corrected chi connectivity index (χ3v) is 14.8. The molecule has 0 amide bonds. The minimum atomic E-state index is -0.764. The molecule has 438 valence electrons. The summed E-state index contributed by atoms with van der Waals surface area (Å²) in [6.45, 7) is 6.56. The molecular weight excluding hydrogens is 925 g/mol. The number of carbonyl (C=O) groups is 3. The van der Waals surface area contributed by atoms with Crippen molar-refractivity contribution in [3.63, 3.8) is 0 Å². The summed E-state index contributed by atoms with van der Waals surface area (Å²) < 4.78 is 16.9. The zero-order valence-corrected chi connectivity index (χ0v) is 50.3. The molecule has 0 heterocycles. The Kier molecular flexibility index (Phi) is 61.7. The van der Waals surface area contributed by atoms with Crippen LogP contribution in [0.5, 0.6) is 0 Å². The molecule has 0 N–H and O–H groups in total. The first kappa shape index (κ1) is 72.4. The Labute approximate surface area is 467 Å². The molecule has 0 aromatic carbocycles. The molecule has 0 aliphatic heterocycles. The highest BCUT2D eigenvalue weighted by Gasteiger charge is 2.19. The van der Waals surface area contributed by atoms with Crippen molar-refractivity contribution < 1.29 is 28.6 Å². The summed E-state index contributed by atoms with van der Waals surface area (Å²) in [5, 5.41) is 0. The number of hydrogen-bond donors (Lipinski definition) is 0. The molecule has 0 bridgehead atoms. The standard InChI is InChI=1S/C69H126O6/c1-4-7-10-13-16-19-22-24-25-26-27-28-29-30-31-32-33-34-35-36-37-38-39-40-41-42-43-44-45-46-48-50-53-56-59-62-68(71)74-65-66(64-73-67(70)61-58-55-52-49-21-18-15-12-9-6-3)75-69(72)63-60-57-54-51-47-23-20-17-14-11-8-5-2/h7,10,16,19,24-25,27-28,66H,4-6,8-9,11-15,17-18,20-23,26,29-65H2,1-3H3/b10-7-,19-16-,25-24-,28-27-. The monoisotopic (exact) mass is 1050 g/mol. The maximum atomic E-state index is 12.8. The van der Waals surface area contributed by atoms with E-state index in [1.54, 1.807) is 0 Å². The first-order chi connectivity index (χ1) is 37.0. The number of esters is 3. The average Bonchev–Trinajstić information content (AvgIpc) is 3.41. The van der Waals surface area contributed by atoms with E-state index in [4.69, 9.17) is 14.2 Å². The van der Waals surface area contributed by atoms with Crippen LogP contribution in [0.25, 0.3) is 0 Å². The van der Waals surface area contributed by atoms with Crippen molar-refractivity contribution in [2.75, 3.05) is 13.2 Å². The topological polar surface area (TPSA) is 78.9 Å². The smallest absolute Gasteiger partial charge is 0.306 e. The molecule has 1 unspecified atom stereocenters. The van der Waals surface area contributed by atoms with E-state index >= 15 is 0 Å². The van der Waals surface area contributed by atoms with Crippen LogP contribution in [0.1, 0.15) is 355 Å². The van der Waals surface area contributed by atoms with E-state index in [0.29, 0.717) is 19.3 Å². The lowest BCUT2D eigenvalue weighted by atomic mass is 10.0. The van der Waals surface area contributed by atoms with Gasteiger partial charge in [0.25, 0.3) is 0 Å². The number of rotatable bonds is 61. The number of unbranched alkanes of at least 4 members (excludes halogenated alkanes) is 42. The lowest BCUT2D eigenvalue weighted by molar-refractivity contribution is -0.167. The van der Waals surface area contributed by atoms with Gasteiger partial charge in [-0.05, 0) is 57.8 Å². The summed E-state index contributed by atoms with van der Waals surface area (Å²) in [6, 6.07) is 0. The van der Waals surface area contributed by atoms with Crippen LogP contribution in [-0.2, 0) is 28.6 Å². The van der Waals surface area contributed by atoms with Gasteiger partial charge >= 0.3 is 17.9 Å². The second-order valence-corrected chi connectivity index (χ2v) is 22.4. The Bertz CT molecular complexity index is 1300. The SMILES string of the molecule is CC/C=C\C/C=C\C/C=C\C/C=C\CCCCCCCCCCCCCCCCCCCCCCCCC(=O)OCC(COC(=O)CCCCCCCCCCCC)OC(=O)CCCCCCCCCCCCCC. The maximum Gasteiger partial charge on any atom is 0.306 e. The van der Waals surface area contributed by atoms with Crippen molar-refractivity contribution in [3.05, 3.63) is 48.6 Å². The summed E-state index contributed by atoms with van der Waals surface area (Å²) in [7, 11) is 0. The highest BCUT2D eigenvalue weighted by atomic mass is 16.6. The molecule has 0 aliphatic carbocycles. The summed E-state index contributed by atoms with van der Waals surface area (Å²) in [5.74, 6) is -0.844. The number of ether oxygens (including phenoxy) is 3. The van der Waals surface area contributed by atoms with Crippen molar-refractivity contribution in [2.45, 2.75) is 361 Å². The molecule has 0 radical (unpaired) electrons. The van der Waals surface area contributed by atoms with E-state index in [-0.39, 0.29) is 31.1 Å². The highest BCUT2D eigenvalue weighted by Crippen LogP contribution is 2.18. The number of carbonyl (C=O) groups excluding carboxylic acids is 3. The van der Waals surface area contributed by atoms with Crippen LogP contribution in [0.4, 0.5) is 0 Å². The Hall–Kier alpha value is -2.63. The zero-order valence-electron chi connectivity index (χ0n) is 50.3. The van der Waals surface area contributed by atoms with E-state index in [1.165, 1.54) is 231 Å². The second-order valence-electron chi connectivity index (χ2n) is 22.4. The molecule has 0 spiro atoms. The lowest BCUT2D eigenvalue weighted by Crippen LogP contribution is -2.30. The summed E-state index contributed by atoms with van der Waals surface area (Å²) in [6.07, 6.45) is 80.1.